The minimum Gasteiger partial charge on any atom is -0.481 e. The summed E-state index contributed by atoms with van der Waals surface area (Å²) in [6.45, 7) is 0.259. The van der Waals surface area contributed by atoms with Gasteiger partial charge in [0.05, 0.1) is 5.92 Å². The van der Waals surface area contributed by atoms with Gasteiger partial charge in [0.25, 0.3) is 0 Å². The molecule has 2 amide bonds. The predicted molar refractivity (Wildman–Crippen MR) is 126 cm³/mol. The Balaban J connectivity index is 1.12. The Kier molecular flexibility index (Phi) is 6.26. The summed E-state index contributed by atoms with van der Waals surface area (Å²) >= 11 is 0. The number of carbonyl (C=O) groups excluding carboxylic acids is 2. The van der Waals surface area contributed by atoms with Crippen LogP contribution in [0.2, 0.25) is 0 Å². The van der Waals surface area contributed by atoms with Crippen LogP contribution in [-0.2, 0) is 14.3 Å². The van der Waals surface area contributed by atoms with Crippen molar-refractivity contribution in [3.05, 3.63) is 59.7 Å². The largest absolute Gasteiger partial charge is 0.481 e. The van der Waals surface area contributed by atoms with Crippen molar-refractivity contribution in [2.24, 2.45) is 11.8 Å². The number of benzene rings is 2. The topological polar surface area (TPSA) is 105 Å². The van der Waals surface area contributed by atoms with Crippen LogP contribution in [0.25, 0.3) is 11.1 Å². The number of hydrogen-bond acceptors (Lipinski definition) is 4. The number of nitrogens with one attached hydrogen (secondary N) is 2. The van der Waals surface area contributed by atoms with Gasteiger partial charge in [-0.1, -0.05) is 55.0 Å². The van der Waals surface area contributed by atoms with E-state index in [0.717, 1.165) is 6.42 Å². The fraction of sp³-hybridized carbons (Fsp3) is 0.444. The molecule has 178 valence electrons. The lowest BCUT2D eigenvalue weighted by Crippen LogP contribution is -2.43. The van der Waals surface area contributed by atoms with Crippen LogP contribution in [0.15, 0.2) is 48.5 Å². The van der Waals surface area contributed by atoms with E-state index in [1.54, 1.807) is 0 Å². The van der Waals surface area contributed by atoms with Crippen molar-refractivity contribution < 1.29 is 24.2 Å². The van der Waals surface area contributed by atoms with E-state index in [1.807, 2.05) is 24.3 Å². The lowest BCUT2D eigenvalue weighted by atomic mass is 9.98. The molecule has 0 aromatic heterocycles. The Hall–Kier alpha value is -3.35. The van der Waals surface area contributed by atoms with Gasteiger partial charge in [0.1, 0.15) is 6.61 Å². The second kappa shape index (κ2) is 9.49. The van der Waals surface area contributed by atoms with E-state index >= 15 is 0 Å². The molecule has 34 heavy (non-hydrogen) atoms. The third kappa shape index (κ3) is 4.39. The quantitative estimate of drug-likeness (QED) is 0.600. The van der Waals surface area contributed by atoms with Gasteiger partial charge in [0.2, 0.25) is 5.91 Å². The summed E-state index contributed by atoms with van der Waals surface area (Å²) in [7, 11) is 0. The molecule has 0 radical (unpaired) electrons. The van der Waals surface area contributed by atoms with E-state index in [9.17, 15) is 19.5 Å². The van der Waals surface area contributed by atoms with E-state index in [4.69, 9.17) is 4.74 Å². The molecule has 4 atom stereocenters. The van der Waals surface area contributed by atoms with Crippen molar-refractivity contribution in [1.82, 2.24) is 10.6 Å². The number of carbonyl (C=O) groups is 3. The molecule has 0 spiro atoms. The Morgan fingerprint density at radius 2 is 1.56 bits per heavy atom. The molecule has 2 aromatic rings. The maximum Gasteiger partial charge on any atom is 0.407 e. The van der Waals surface area contributed by atoms with E-state index < -0.39 is 18.0 Å². The Morgan fingerprint density at radius 3 is 2.24 bits per heavy atom. The van der Waals surface area contributed by atoms with Gasteiger partial charge in [-0.25, -0.2) is 4.79 Å². The van der Waals surface area contributed by atoms with Crippen LogP contribution < -0.4 is 10.6 Å². The molecule has 2 fully saturated rings. The summed E-state index contributed by atoms with van der Waals surface area (Å²) in [5.74, 6) is -1.65. The molecule has 3 aliphatic rings. The standard InChI is InChI=1S/C27H30N2O5/c30-25(29-24-11-5-10-22(24)26(31)32)16-12-13-17(14-16)28-27(33)34-15-23-20-8-3-1-6-18(20)19-7-2-4-9-21(19)23/h1-4,6-9,16-17,22-24H,5,10-15H2,(H,28,33)(H,29,30)(H,31,32)/t16?,17?,22-,24+/m1/s1. The molecule has 3 N–H and O–H groups in total. The molecular formula is C27H30N2O5. The maximum absolute atomic E-state index is 12.7. The highest BCUT2D eigenvalue weighted by Gasteiger charge is 2.37. The number of carboxylic acids is 1. The Labute approximate surface area is 198 Å². The third-order valence-electron chi connectivity index (χ3n) is 7.63. The molecular weight excluding hydrogens is 432 g/mol. The average Bonchev–Trinajstić information content (AvgIpc) is 3.56. The number of carboxylic acid groups (broad SMARTS) is 1. The summed E-state index contributed by atoms with van der Waals surface area (Å²) < 4.78 is 5.63. The molecule has 2 unspecified atom stereocenters. The zero-order valence-electron chi connectivity index (χ0n) is 19.0. The van der Waals surface area contributed by atoms with Gasteiger partial charge in [0.15, 0.2) is 0 Å². The van der Waals surface area contributed by atoms with Gasteiger partial charge < -0.3 is 20.5 Å². The van der Waals surface area contributed by atoms with Crippen LogP contribution in [0.1, 0.15) is 55.6 Å². The summed E-state index contributed by atoms with van der Waals surface area (Å²) in [5, 5.41) is 15.2. The zero-order valence-corrected chi connectivity index (χ0v) is 19.0. The molecule has 0 bridgehead atoms. The van der Waals surface area contributed by atoms with E-state index in [2.05, 4.69) is 34.9 Å². The van der Waals surface area contributed by atoms with Crippen LogP contribution in [-0.4, -0.2) is 41.8 Å². The number of hydrogen-bond donors (Lipinski definition) is 3. The van der Waals surface area contributed by atoms with Crippen molar-refractivity contribution in [3.8, 4) is 11.1 Å². The SMILES string of the molecule is O=C(NC1CCC(C(=O)N[C@H]2CCC[C@H]2C(=O)O)C1)OCC1c2ccccc2-c2ccccc21. The van der Waals surface area contributed by atoms with Crippen molar-refractivity contribution >= 4 is 18.0 Å². The van der Waals surface area contributed by atoms with E-state index in [0.29, 0.717) is 32.1 Å². The second-order valence-electron chi connectivity index (χ2n) is 9.67. The van der Waals surface area contributed by atoms with Crippen molar-refractivity contribution in [1.29, 1.82) is 0 Å². The van der Waals surface area contributed by atoms with Crippen LogP contribution in [0.5, 0.6) is 0 Å². The molecule has 3 aliphatic carbocycles. The lowest BCUT2D eigenvalue weighted by Gasteiger charge is -2.20. The molecule has 5 rings (SSSR count). The highest BCUT2D eigenvalue weighted by atomic mass is 16.5. The van der Waals surface area contributed by atoms with Gasteiger partial charge in [-0.05, 0) is 54.4 Å². The number of amides is 2. The lowest BCUT2D eigenvalue weighted by molar-refractivity contribution is -0.142. The van der Waals surface area contributed by atoms with Crippen LogP contribution >= 0.6 is 0 Å². The zero-order chi connectivity index (χ0) is 23.7. The number of ether oxygens (including phenoxy) is 1. The first-order valence-corrected chi connectivity index (χ1v) is 12.2. The van der Waals surface area contributed by atoms with Gasteiger partial charge in [0, 0.05) is 23.9 Å². The molecule has 0 aliphatic heterocycles. The van der Waals surface area contributed by atoms with Crippen molar-refractivity contribution in [2.75, 3.05) is 6.61 Å². The van der Waals surface area contributed by atoms with Crippen molar-refractivity contribution in [3.63, 3.8) is 0 Å². The van der Waals surface area contributed by atoms with Crippen molar-refractivity contribution in [2.45, 2.75) is 56.5 Å². The minimum absolute atomic E-state index is 0.00819. The third-order valence-corrected chi connectivity index (χ3v) is 7.63. The molecule has 0 heterocycles. The first kappa shape index (κ1) is 22.4. The summed E-state index contributed by atoms with van der Waals surface area (Å²) in [6, 6.07) is 16.0. The van der Waals surface area contributed by atoms with Crippen LogP contribution in [0.3, 0.4) is 0 Å². The second-order valence-corrected chi connectivity index (χ2v) is 9.67. The summed E-state index contributed by atoms with van der Waals surface area (Å²) in [4.78, 5) is 36.6. The monoisotopic (exact) mass is 462 g/mol. The normalized spacial score (nSPS) is 25.4. The maximum atomic E-state index is 12.7. The van der Waals surface area contributed by atoms with Crippen LogP contribution in [0.4, 0.5) is 4.79 Å². The smallest absolute Gasteiger partial charge is 0.407 e. The Morgan fingerprint density at radius 1 is 0.882 bits per heavy atom. The molecule has 7 heteroatoms. The summed E-state index contributed by atoms with van der Waals surface area (Å²) in [5.41, 5.74) is 4.70. The average molecular weight is 463 g/mol. The number of rotatable bonds is 6. The van der Waals surface area contributed by atoms with Gasteiger partial charge in [-0.3, -0.25) is 9.59 Å². The first-order valence-electron chi connectivity index (χ1n) is 12.2. The first-order chi connectivity index (χ1) is 16.5. The fourth-order valence-electron chi connectivity index (χ4n) is 5.89. The van der Waals surface area contributed by atoms with Gasteiger partial charge >= 0.3 is 12.1 Å². The Bertz CT molecular complexity index is 1050. The number of alkyl carbamates (subject to hydrolysis) is 1. The minimum atomic E-state index is -0.843. The van der Waals surface area contributed by atoms with E-state index in [1.165, 1.54) is 22.3 Å². The predicted octanol–water partition coefficient (Wildman–Crippen LogP) is 4.06. The molecule has 2 saturated carbocycles. The highest BCUT2D eigenvalue weighted by Crippen LogP contribution is 2.44. The molecule has 2 aromatic carbocycles. The molecule has 7 nitrogen and oxygen atoms in total. The highest BCUT2D eigenvalue weighted by molar-refractivity contribution is 5.81. The molecule has 0 saturated heterocycles. The summed E-state index contributed by atoms with van der Waals surface area (Å²) in [6.07, 6.45) is 3.59. The van der Waals surface area contributed by atoms with E-state index in [-0.39, 0.29) is 36.4 Å². The van der Waals surface area contributed by atoms with Gasteiger partial charge in [-0.2, -0.15) is 0 Å². The fourth-order valence-corrected chi connectivity index (χ4v) is 5.89. The van der Waals surface area contributed by atoms with Gasteiger partial charge in [-0.15, -0.1) is 0 Å². The number of aliphatic carboxylic acids is 1. The number of fused-ring (bicyclic) bond motifs is 3. The van der Waals surface area contributed by atoms with Crippen LogP contribution in [0, 0.1) is 11.8 Å².